The third-order valence-corrected chi connectivity index (χ3v) is 4.81. The Morgan fingerprint density at radius 2 is 2.13 bits per heavy atom. The van der Waals surface area contributed by atoms with E-state index in [0.29, 0.717) is 11.6 Å². The van der Waals surface area contributed by atoms with Gasteiger partial charge < -0.3 is 11.1 Å². The Hall–Kier alpha value is -2.27. The highest BCUT2D eigenvalue weighted by atomic mass is 15.1. The highest BCUT2D eigenvalue weighted by Gasteiger charge is 2.45. The first-order chi connectivity index (χ1) is 11.3. The fourth-order valence-electron chi connectivity index (χ4n) is 3.26. The third kappa shape index (κ3) is 2.97. The number of nitrogens with one attached hydrogen (secondary N) is 1. The fourth-order valence-corrected chi connectivity index (χ4v) is 3.26. The van der Waals surface area contributed by atoms with Gasteiger partial charge in [0.15, 0.2) is 0 Å². The number of hydrogen-bond acceptors (Lipinski definition) is 5. The Morgan fingerprint density at radius 1 is 1.30 bits per heavy atom. The first kappa shape index (κ1) is 14.3. The average molecular weight is 307 g/mol. The normalized spacial score (nSPS) is 23.7. The van der Waals surface area contributed by atoms with Crippen molar-refractivity contribution in [2.45, 2.75) is 37.3 Å². The van der Waals surface area contributed by atoms with Gasteiger partial charge in [-0.1, -0.05) is 12.1 Å². The maximum Gasteiger partial charge on any atom is 0.0922 e. The summed E-state index contributed by atoms with van der Waals surface area (Å²) in [6.07, 6.45) is 9.98. The van der Waals surface area contributed by atoms with Crippen LogP contribution in [0.4, 0.5) is 0 Å². The van der Waals surface area contributed by atoms with Crippen LogP contribution in [0.3, 0.4) is 0 Å². The molecule has 2 fully saturated rings. The van der Waals surface area contributed by atoms with Gasteiger partial charge in [0.25, 0.3) is 0 Å². The van der Waals surface area contributed by atoms with Gasteiger partial charge in [-0.3, -0.25) is 9.98 Å². The van der Waals surface area contributed by atoms with Crippen molar-refractivity contribution in [3.8, 4) is 0 Å². The van der Waals surface area contributed by atoms with E-state index in [1.165, 1.54) is 12.8 Å². The van der Waals surface area contributed by atoms with E-state index >= 15 is 0 Å². The van der Waals surface area contributed by atoms with Crippen LogP contribution in [-0.4, -0.2) is 34.3 Å². The molecule has 1 saturated carbocycles. The monoisotopic (exact) mass is 307 g/mol. The molecule has 2 aliphatic rings. The molecule has 23 heavy (non-hydrogen) atoms. The summed E-state index contributed by atoms with van der Waals surface area (Å²) >= 11 is 0. The van der Waals surface area contributed by atoms with Crippen LogP contribution < -0.4 is 11.1 Å². The number of para-hydroxylation sites is 2. The van der Waals surface area contributed by atoms with Crippen LogP contribution in [0, 0.1) is 0 Å². The Bertz CT molecular complexity index is 776. The highest BCUT2D eigenvalue weighted by molar-refractivity contribution is 6.09. The lowest BCUT2D eigenvalue weighted by molar-refractivity contribution is 0.348. The van der Waals surface area contributed by atoms with Crippen molar-refractivity contribution in [2.24, 2.45) is 10.7 Å². The Morgan fingerprint density at radius 3 is 2.91 bits per heavy atom. The predicted molar refractivity (Wildman–Crippen MR) is 93.2 cm³/mol. The number of nitrogens with zero attached hydrogens (tertiary/aromatic N) is 3. The molecule has 1 aromatic carbocycles. The van der Waals surface area contributed by atoms with Gasteiger partial charge in [-0.2, -0.15) is 0 Å². The van der Waals surface area contributed by atoms with Crippen molar-refractivity contribution in [3.05, 3.63) is 42.4 Å². The lowest BCUT2D eigenvalue weighted by atomic mass is 9.98. The van der Waals surface area contributed by atoms with Gasteiger partial charge in [-0.25, -0.2) is 4.98 Å². The van der Waals surface area contributed by atoms with E-state index in [1.54, 1.807) is 12.4 Å². The van der Waals surface area contributed by atoms with E-state index in [0.717, 1.165) is 41.7 Å². The van der Waals surface area contributed by atoms with Gasteiger partial charge in [0.2, 0.25) is 0 Å². The first-order valence-electron chi connectivity index (χ1n) is 8.20. The predicted octanol–water partition coefficient (Wildman–Crippen LogP) is 2.28. The Labute approximate surface area is 135 Å². The number of rotatable bonds is 3. The molecule has 3 N–H and O–H groups in total. The van der Waals surface area contributed by atoms with E-state index in [4.69, 9.17) is 10.7 Å². The quantitative estimate of drug-likeness (QED) is 0.853. The van der Waals surface area contributed by atoms with E-state index < -0.39 is 0 Å². The van der Waals surface area contributed by atoms with Crippen molar-refractivity contribution in [2.75, 3.05) is 6.54 Å². The second kappa shape index (κ2) is 5.74. The smallest absolute Gasteiger partial charge is 0.0922 e. The molecule has 1 aromatic heterocycles. The molecule has 118 valence electrons. The summed E-state index contributed by atoms with van der Waals surface area (Å²) in [5.74, 6) is 0. The molecule has 1 unspecified atom stereocenters. The van der Waals surface area contributed by atoms with Crippen molar-refractivity contribution in [3.63, 3.8) is 0 Å². The largest absolute Gasteiger partial charge is 0.404 e. The molecule has 0 radical (unpaired) electrons. The minimum Gasteiger partial charge on any atom is -0.404 e. The number of nitrogens with two attached hydrogens (primary N) is 1. The standard InChI is InChI=1S/C18H21N5/c19-10-13(11-20-14-5-8-22-18(9-14)6-7-18)17-12-21-15-3-1-2-4-16(15)23-17/h1-4,10-12,14,22H,5-9,19H2. The van der Waals surface area contributed by atoms with Crippen molar-refractivity contribution < 1.29 is 0 Å². The van der Waals surface area contributed by atoms with Gasteiger partial charge >= 0.3 is 0 Å². The van der Waals surface area contributed by atoms with E-state index in [-0.39, 0.29) is 0 Å². The molecule has 0 bridgehead atoms. The Balaban J connectivity index is 1.54. The molecule has 2 heterocycles. The number of hydrogen-bond donors (Lipinski definition) is 2. The van der Waals surface area contributed by atoms with Crippen molar-refractivity contribution >= 4 is 22.8 Å². The minimum atomic E-state index is 0.377. The molecule has 1 atom stereocenters. The summed E-state index contributed by atoms with van der Waals surface area (Å²) in [4.78, 5) is 13.8. The highest BCUT2D eigenvalue weighted by Crippen LogP contribution is 2.42. The van der Waals surface area contributed by atoms with Crippen molar-refractivity contribution in [1.82, 2.24) is 15.3 Å². The van der Waals surface area contributed by atoms with E-state index in [9.17, 15) is 0 Å². The molecule has 1 aliphatic heterocycles. The summed E-state index contributed by atoms with van der Waals surface area (Å²) < 4.78 is 0. The zero-order valence-corrected chi connectivity index (χ0v) is 13.1. The van der Waals surface area contributed by atoms with E-state index in [2.05, 4.69) is 15.3 Å². The van der Waals surface area contributed by atoms with Gasteiger partial charge in [-0.05, 0) is 44.4 Å². The number of aromatic nitrogens is 2. The molecule has 2 aromatic rings. The summed E-state index contributed by atoms with van der Waals surface area (Å²) in [5.41, 5.74) is 9.53. The van der Waals surface area contributed by atoms with E-state index in [1.807, 2.05) is 30.5 Å². The van der Waals surface area contributed by atoms with Crippen LogP contribution in [0.1, 0.15) is 31.4 Å². The number of benzene rings is 1. The molecule has 4 rings (SSSR count). The molecular formula is C18H21N5. The molecule has 1 aliphatic carbocycles. The lowest BCUT2D eigenvalue weighted by Crippen LogP contribution is -2.41. The topological polar surface area (TPSA) is 76.2 Å². The lowest BCUT2D eigenvalue weighted by Gasteiger charge is -2.28. The number of fused-ring (bicyclic) bond motifs is 1. The zero-order valence-electron chi connectivity index (χ0n) is 13.1. The SMILES string of the molecule is NC=C(C=NC1CCNC2(CC2)C1)c1cnc2ccccc2n1. The minimum absolute atomic E-state index is 0.377. The number of allylic oxidation sites excluding steroid dienone is 1. The third-order valence-electron chi connectivity index (χ3n) is 4.81. The molecule has 5 nitrogen and oxygen atoms in total. The van der Waals surface area contributed by atoms with Gasteiger partial charge in [0.1, 0.15) is 0 Å². The average Bonchev–Trinajstić information content (AvgIpc) is 3.34. The van der Waals surface area contributed by atoms with Crippen molar-refractivity contribution in [1.29, 1.82) is 0 Å². The fraction of sp³-hybridized carbons (Fsp3) is 0.389. The summed E-state index contributed by atoms with van der Waals surface area (Å²) in [5, 5.41) is 3.62. The van der Waals surface area contributed by atoms with Gasteiger partial charge in [0.05, 0.1) is 29.0 Å². The molecule has 1 saturated heterocycles. The Kier molecular flexibility index (Phi) is 3.58. The molecule has 0 amide bonds. The number of piperidine rings is 1. The van der Waals surface area contributed by atoms with Gasteiger partial charge in [0, 0.05) is 23.5 Å². The summed E-state index contributed by atoms with van der Waals surface area (Å²) in [6, 6.07) is 8.21. The number of aliphatic imine (C=N–C) groups is 1. The summed E-state index contributed by atoms with van der Waals surface area (Å²) in [6.45, 7) is 1.06. The molecular weight excluding hydrogens is 286 g/mol. The second-order valence-electron chi connectivity index (χ2n) is 6.50. The second-order valence-corrected chi connectivity index (χ2v) is 6.50. The van der Waals surface area contributed by atoms with Crippen LogP contribution in [0.2, 0.25) is 0 Å². The van der Waals surface area contributed by atoms with Gasteiger partial charge in [-0.15, -0.1) is 0 Å². The van der Waals surface area contributed by atoms with Crippen LogP contribution in [-0.2, 0) is 0 Å². The maximum atomic E-state index is 5.80. The zero-order chi connectivity index (χ0) is 15.7. The van der Waals surface area contributed by atoms with Crippen LogP contribution >= 0.6 is 0 Å². The molecule has 1 spiro atoms. The summed E-state index contributed by atoms with van der Waals surface area (Å²) in [7, 11) is 0. The first-order valence-corrected chi connectivity index (χ1v) is 8.20. The molecule has 5 heteroatoms. The van der Waals surface area contributed by atoms with Crippen LogP contribution in [0.25, 0.3) is 16.6 Å². The van der Waals surface area contributed by atoms with Crippen LogP contribution in [0.15, 0.2) is 41.7 Å². The van der Waals surface area contributed by atoms with Crippen LogP contribution in [0.5, 0.6) is 0 Å². The maximum absolute atomic E-state index is 5.80.